The van der Waals surface area contributed by atoms with E-state index in [-0.39, 0.29) is 5.91 Å². The molecule has 3 nitrogen and oxygen atoms in total. The molecule has 0 bridgehead atoms. The number of rotatable bonds is 2. The van der Waals surface area contributed by atoms with Gasteiger partial charge in [-0.1, -0.05) is 50.1 Å². The summed E-state index contributed by atoms with van der Waals surface area (Å²) < 4.78 is 2.04. The normalized spacial score (nSPS) is 17.6. The number of nitrogens with zero attached hydrogens (tertiary/aromatic N) is 1. The summed E-state index contributed by atoms with van der Waals surface area (Å²) >= 11 is 8.40. The van der Waals surface area contributed by atoms with Crippen molar-refractivity contribution in [1.29, 1.82) is 0 Å². The lowest BCUT2D eigenvalue weighted by atomic mass is 10.1. The molecule has 2 aromatic carbocycles. The number of aryl methyl sites for hydroxylation is 2. The summed E-state index contributed by atoms with van der Waals surface area (Å²) in [7, 11) is 0. The van der Waals surface area contributed by atoms with Crippen molar-refractivity contribution in [3.05, 3.63) is 66.9 Å². The number of benzene rings is 2. The minimum atomic E-state index is -0.125. The molecular formula is C18H14Br2N2OS. The number of hydrogen-bond acceptors (Lipinski definition) is 3. The Kier molecular flexibility index (Phi) is 5.27. The van der Waals surface area contributed by atoms with Crippen LogP contribution in [0, 0.1) is 13.8 Å². The second-order valence-corrected chi connectivity index (χ2v) is 8.07. The van der Waals surface area contributed by atoms with E-state index < -0.39 is 0 Å². The molecule has 1 saturated heterocycles. The van der Waals surface area contributed by atoms with Crippen LogP contribution in [0.3, 0.4) is 0 Å². The van der Waals surface area contributed by atoms with Crippen LogP contribution in [-0.4, -0.2) is 11.1 Å². The van der Waals surface area contributed by atoms with E-state index in [2.05, 4.69) is 42.2 Å². The molecule has 2 aromatic rings. The first kappa shape index (κ1) is 17.5. The number of carbonyl (C=O) groups is 1. The summed E-state index contributed by atoms with van der Waals surface area (Å²) in [6, 6.07) is 11.8. The van der Waals surface area contributed by atoms with Gasteiger partial charge in [-0.3, -0.25) is 4.79 Å². The van der Waals surface area contributed by atoms with Crippen molar-refractivity contribution in [2.24, 2.45) is 4.99 Å². The Morgan fingerprint density at radius 3 is 2.46 bits per heavy atom. The van der Waals surface area contributed by atoms with Crippen molar-refractivity contribution < 1.29 is 4.79 Å². The Morgan fingerprint density at radius 2 is 1.79 bits per heavy atom. The maximum absolute atomic E-state index is 12.2. The van der Waals surface area contributed by atoms with Crippen LogP contribution in [0.2, 0.25) is 0 Å². The summed E-state index contributed by atoms with van der Waals surface area (Å²) in [5.74, 6) is -0.125. The zero-order valence-electron chi connectivity index (χ0n) is 13.1. The van der Waals surface area contributed by atoms with Gasteiger partial charge in [0, 0.05) is 8.95 Å². The van der Waals surface area contributed by atoms with Crippen LogP contribution >= 0.6 is 43.6 Å². The highest BCUT2D eigenvalue weighted by molar-refractivity contribution is 9.10. The molecule has 1 N–H and O–H groups in total. The first-order chi connectivity index (χ1) is 11.4. The molecule has 0 unspecified atom stereocenters. The summed E-state index contributed by atoms with van der Waals surface area (Å²) in [6.07, 6.45) is 1.87. The van der Waals surface area contributed by atoms with Gasteiger partial charge in [-0.25, -0.2) is 4.99 Å². The van der Waals surface area contributed by atoms with Crippen molar-refractivity contribution in [2.75, 3.05) is 0 Å². The topological polar surface area (TPSA) is 41.5 Å². The molecule has 3 rings (SSSR count). The molecule has 0 aromatic heterocycles. The number of halogens is 2. The summed E-state index contributed by atoms with van der Waals surface area (Å²) in [4.78, 5) is 17.4. The quantitative estimate of drug-likeness (QED) is 0.576. The zero-order valence-corrected chi connectivity index (χ0v) is 17.0. The predicted molar refractivity (Wildman–Crippen MR) is 109 cm³/mol. The molecule has 0 atom stereocenters. The number of carbonyl (C=O) groups excluding carboxylic acids is 1. The fourth-order valence-electron chi connectivity index (χ4n) is 2.32. The van der Waals surface area contributed by atoms with Gasteiger partial charge >= 0.3 is 0 Å². The Labute approximate surface area is 161 Å². The summed E-state index contributed by atoms with van der Waals surface area (Å²) in [6.45, 7) is 4.05. The summed E-state index contributed by atoms with van der Waals surface area (Å²) in [5.41, 5.74) is 4.03. The van der Waals surface area contributed by atoms with Gasteiger partial charge in [-0.2, -0.15) is 0 Å². The standard InChI is InChI=1S/C18H14Br2N2OS/c1-10-7-13(8-11(2)16(10)20)21-18-22-17(23)15(24-18)9-12-5-3-4-6-14(12)19/h3-9H,1-2H3,(H,21,22,23)/b15-9-. The van der Waals surface area contributed by atoms with Crippen molar-refractivity contribution >= 4 is 66.5 Å². The van der Waals surface area contributed by atoms with E-state index >= 15 is 0 Å². The molecule has 0 saturated carbocycles. The molecule has 6 heteroatoms. The fourth-order valence-corrected chi connectivity index (χ4v) is 3.78. The lowest BCUT2D eigenvalue weighted by molar-refractivity contribution is -0.115. The van der Waals surface area contributed by atoms with E-state index in [1.807, 2.05) is 56.3 Å². The largest absolute Gasteiger partial charge is 0.300 e. The Hall–Kier alpha value is -1.37. The first-order valence-corrected chi connectivity index (χ1v) is 9.65. The van der Waals surface area contributed by atoms with E-state index in [1.54, 1.807) is 0 Å². The lowest BCUT2D eigenvalue weighted by Crippen LogP contribution is -2.19. The number of thioether (sulfide) groups is 1. The van der Waals surface area contributed by atoms with Crippen LogP contribution < -0.4 is 5.32 Å². The molecule has 0 spiro atoms. The van der Waals surface area contributed by atoms with Crippen LogP contribution in [0.15, 0.2) is 55.2 Å². The van der Waals surface area contributed by atoms with E-state index in [0.717, 1.165) is 31.3 Å². The van der Waals surface area contributed by atoms with Crippen LogP contribution in [0.4, 0.5) is 5.69 Å². The number of amides is 1. The zero-order chi connectivity index (χ0) is 17.3. The average molecular weight is 466 g/mol. The smallest absolute Gasteiger partial charge is 0.264 e. The maximum Gasteiger partial charge on any atom is 0.264 e. The van der Waals surface area contributed by atoms with E-state index in [1.165, 1.54) is 11.8 Å². The van der Waals surface area contributed by atoms with Crippen LogP contribution in [0.25, 0.3) is 6.08 Å². The lowest BCUT2D eigenvalue weighted by Gasteiger charge is -2.04. The highest BCUT2D eigenvalue weighted by atomic mass is 79.9. The molecular weight excluding hydrogens is 452 g/mol. The van der Waals surface area contributed by atoms with Gasteiger partial charge in [0.15, 0.2) is 5.17 Å². The molecule has 1 aliphatic rings. The van der Waals surface area contributed by atoms with Gasteiger partial charge in [0.05, 0.1) is 10.6 Å². The highest BCUT2D eigenvalue weighted by Gasteiger charge is 2.24. The number of nitrogens with one attached hydrogen (secondary N) is 1. The van der Waals surface area contributed by atoms with Gasteiger partial charge in [0.25, 0.3) is 5.91 Å². The fraction of sp³-hybridized carbons (Fsp3) is 0.111. The Bertz CT molecular complexity index is 867. The maximum atomic E-state index is 12.2. The molecule has 1 amide bonds. The minimum absolute atomic E-state index is 0.125. The number of hydrogen-bond donors (Lipinski definition) is 1. The van der Waals surface area contributed by atoms with Crippen LogP contribution in [0.5, 0.6) is 0 Å². The number of amidine groups is 1. The third kappa shape index (κ3) is 3.82. The second-order valence-electron chi connectivity index (χ2n) is 5.40. The van der Waals surface area contributed by atoms with Crippen LogP contribution in [-0.2, 0) is 4.79 Å². The van der Waals surface area contributed by atoms with Crippen molar-refractivity contribution in [2.45, 2.75) is 13.8 Å². The van der Waals surface area contributed by atoms with Crippen molar-refractivity contribution in [1.82, 2.24) is 5.32 Å². The third-order valence-corrected chi connectivity index (χ3v) is 6.38. The third-order valence-electron chi connectivity index (χ3n) is 3.49. The molecule has 1 aliphatic heterocycles. The second kappa shape index (κ2) is 7.25. The average Bonchev–Trinajstić information content (AvgIpc) is 2.86. The Balaban J connectivity index is 1.89. The van der Waals surface area contributed by atoms with Gasteiger partial charge in [0.1, 0.15) is 0 Å². The molecule has 1 fully saturated rings. The minimum Gasteiger partial charge on any atom is -0.300 e. The summed E-state index contributed by atoms with van der Waals surface area (Å²) in [5, 5.41) is 3.42. The van der Waals surface area contributed by atoms with Gasteiger partial charge < -0.3 is 5.32 Å². The predicted octanol–water partition coefficient (Wildman–Crippen LogP) is 5.72. The highest BCUT2D eigenvalue weighted by Crippen LogP contribution is 2.31. The van der Waals surface area contributed by atoms with Gasteiger partial charge in [-0.05, 0) is 66.6 Å². The van der Waals surface area contributed by atoms with Crippen molar-refractivity contribution in [3.8, 4) is 0 Å². The van der Waals surface area contributed by atoms with Crippen LogP contribution in [0.1, 0.15) is 16.7 Å². The van der Waals surface area contributed by atoms with Gasteiger partial charge in [0.2, 0.25) is 0 Å². The molecule has 24 heavy (non-hydrogen) atoms. The molecule has 1 heterocycles. The van der Waals surface area contributed by atoms with E-state index in [0.29, 0.717) is 10.1 Å². The van der Waals surface area contributed by atoms with E-state index in [9.17, 15) is 4.79 Å². The van der Waals surface area contributed by atoms with E-state index in [4.69, 9.17) is 0 Å². The number of aliphatic imine (C=N–C) groups is 1. The molecule has 122 valence electrons. The first-order valence-electron chi connectivity index (χ1n) is 7.25. The SMILES string of the molecule is Cc1cc(N=C2NC(=O)/C(=C/c3ccccc3Br)S2)cc(C)c1Br. The molecule has 0 radical (unpaired) electrons. The molecule has 0 aliphatic carbocycles. The monoisotopic (exact) mass is 464 g/mol. The Morgan fingerprint density at radius 1 is 1.12 bits per heavy atom. The van der Waals surface area contributed by atoms with Crippen molar-refractivity contribution in [3.63, 3.8) is 0 Å². The van der Waals surface area contributed by atoms with Gasteiger partial charge in [-0.15, -0.1) is 0 Å².